The standard InChI is InChI=1S/C21H27OSi/c1-21(2,3)23(19-13-6-4-7-14-19,20-15-8-5-9-16-20)22-17-18-11-10-12-18/h4-9,11,13-16,18H,10,12,17H2,1-3H3/t18-/m0/s1. The maximum atomic E-state index is 6.88. The lowest BCUT2D eigenvalue weighted by Crippen LogP contribution is -2.67. The summed E-state index contributed by atoms with van der Waals surface area (Å²) >= 11 is 0. The SMILES string of the molecule is CC(C)(C)[Si](OC[C@H]1[CH]CC1)(c1ccccc1)c1ccccc1. The molecule has 0 amide bonds. The van der Waals surface area contributed by atoms with E-state index >= 15 is 0 Å². The Hall–Kier alpha value is -1.38. The third kappa shape index (κ3) is 3.15. The maximum Gasteiger partial charge on any atom is 0.261 e. The highest BCUT2D eigenvalue weighted by Gasteiger charge is 2.50. The van der Waals surface area contributed by atoms with Gasteiger partial charge in [0.1, 0.15) is 0 Å². The minimum atomic E-state index is -2.31. The summed E-state index contributed by atoms with van der Waals surface area (Å²) in [6.07, 6.45) is 4.92. The fourth-order valence-corrected chi connectivity index (χ4v) is 8.17. The summed E-state index contributed by atoms with van der Waals surface area (Å²) in [4.78, 5) is 0. The van der Waals surface area contributed by atoms with Crippen molar-refractivity contribution in [2.45, 2.75) is 38.7 Å². The van der Waals surface area contributed by atoms with Crippen LogP contribution in [0.2, 0.25) is 5.04 Å². The molecule has 2 aromatic carbocycles. The molecule has 0 aromatic heterocycles. The average Bonchev–Trinajstić information content (AvgIpc) is 2.50. The highest BCUT2D eigenvalue weighted by molar-refractivity contribution is 6.99. The van der Waals surface area contributed by atoms with E-state index in [9.17, 15) is 0 Å². The quantitative estimate of drug-likeness (QED) is 0.750. The van der Waals surface area contributed by atoms with Crippen LogP contribution in [0.5, 0.6) is 0 Å². The number of hydrogen-bond acceptors (Lipinski definition) is 1. The summed E-state index contributed by atoms with van der Waals surface area (Å²) in [7, 11) is -2.31. The Morgan fingerprint density at radius 2 is 1.39 bits per heavy atom. The Kier molecular flexibility index (Phi) is 4.74. The zero-order valence-corrected chi connectivity index (χ0v) is 15.5. The van der Waals surface area contributed by atoms with E-state index in [1.54, 1.807) is 0 Å². The van der Waals surface area contributed by atoms with Crippen molar-refractivity contribution in [1.82, 2.24) is 0 Å². The van der Waals surface area contributed by atoms with Gasteiger partial charge in [-0.15, -0.1) is 0 Å². The number of benzene rings is 2. The summed E-state index contributed by atoms with van der Waals surface area (Å²) in [6, 6.07) is 21.8. The molecule has 0 bridgehead atoms. The zero-order chi connectivity index (χ0) is 16.3. The van der Waals surface area contributed by atoms with Gasteiger partial charge in [-0.1, -0.05) is 81.4 Å². The van der Waals surface area contributed by atoms with Crippen LogP contribution < -0.4 is 10.4 Å². The van der Waals surface area contributed by atoms with E-state index in [-0.39, 0.29) is 5.04 Å². The van der Waals surface area contributed by atoms with Crippen molar-refractivity contribution in [2.75, 3.05) is 6.61 Å². The van der Waals surface area contributed by atoms with E-state index in [4.69, 9.17) is 4.43 Å². The van der Waals surface area contributed by atoms with Gasteiger partial charge in [0.2, 0.25) is 0 Å². The fourth-order valence-electron chi connectivity index (χ4n) is 3.55. The van der Waals surface area contributed by atoms with Crippen molar-refractivity contribution < 1.29 is 4.43 Å². The van der Waals surface area contributed by atoms with Crippen LogP contribution >= 0.6 is 0 Å². The van der Waals surface area contributed by atoms with Gasteiger partial charge < -0.3 is 4.43 Å². The number of rotatable bonds is 5. The van der Waals surface area contributed by atoms with Gasteiger partial charge in [-0.25, -0.2) is 0 Å². The summed E-state index contributed by atoms with van der Waals surface area (Å²) in [5.74, 6) is 0.636. The Bertz CT molecular complexity index is 572. The molecule has 121 valence electrons. The van der Waals surface area contributed by atoms with Crippen LogP contribution in [-0.2, 0) is 4.43 Å². The molecule has 0 aliphatic heterocycles. The zero-order valence-electron chi connectivity index (χ0n) is 14.5. The Labute approximate surface area is 141 Å². The molecule has 1 radical (unpaired) electrons. The minimum Gasteiger partial charge on any atom is -0.407 e. The lowest BCUT2D eigenvalue weighted by molar-refractivity contribution is 0.216. The van der Waals surface area contributed by atoms with Gasteiger partial charge in [0.25, 0.3) is 8.32 Å². The lowest BCUT2D eigenvalue weighted by Gasteiger charge is -2.44. The predicted molar refractivity (Wildman–Crippen MR) is 101 cm³/mol. The third-order valence-electron chi connectivity index (χ3n) is 4.97. The van der Waals surface area contributed by atoms with E-state index in [0.29, 0.717) is 5.92 Å². The van der Waals surface area contributed by atoms with Gasteiger partial charge in [-0.2, -0.15) is 0 Å². The van der Waals surface area contributed by atoms with Gasteiger partial charge in [-0.3, -0.25) is 0 Å². The second-order valence-corrected chi connectivity index (χ2v) is 11.9. The van der Waals surface area contributed by atoms with E-state index in [1.807, 2.05) is 0 Å². The highest BCUT2D eigenvalue weighted by Crippen LogP contribution is 2.38. The minimum absolute atomic E-state index is 0.0828. The summed E-state index contributed by atoms with van der Waals surface area (Å²) in [6.45, 7) is 7.87. The third-order valence-corrected chi connectivity index (χ3v) is 9.97. The van der Waals surface area contributed by atoms with Crippen molar-refractivity contribution in [3.63, 3.8) is 0 Å². The molecular formula is C21H27OSi. The van der Waals surface area contributed by atoms with Crippen LogP contribution in [0.25, 0.3) is 0 Å². The van der Waals surface area contributed by atoms with Crippen LogP contribution in [0.3, 0.4) is 0 Å². The van der Waals surface area contributed by atoms with Crippen molar-refractivity contribution in [3.8, 4) is 0 Å². The molecule has 2 aromatic rings. The van der Waals surface area contributed by atoms with E-state index in [2.05, 4.69) is 87.9 Å². The van der Waals surface area contributed by atoms with Crippen LogP contribution in [0, 0.1) is 12.3 Å². The lowest BCUT2D eigenvalue weighted by atomic mass is 9.86. The maximum absolute atomic E-state index is 6.88. The molecule has 23 heavy (non-hydrogen) atoms. The molecule has 1 aliphatic carbocycles. The second-order valence-electron chi connectivity index (χ2n) is 7.55. The van der Waals surface area contributed by atoms with Gasteiger partial charge in [-0.05, 0) is 40.6 Å². The first-order valence-electron chi connectivity index (χ1n) is 8.62. The molecule has 0 spiro atoms. The molecule has 0 unspecified atom stereocenters. The molecule has 1 saturated carbocycles. The fraction of sp³-hybridized carbons (Fsp3) is 0.381. The van der Waals surface area contributed by atoms with Gasteiger partial charge in [0, 0.05) is 6.61 Å². The topological polar surface area (TPSA) is 9.23 Å². The van der Waals surface area contributed by atoms with Crippen LogP contribution in [0.4, 0.5) is 0 Å². The Morgan fingerprint density at radius 3 is 1.74 bits per heavy atom. The summed E-state index contributed by atoms with van der Waals surface area (Å²) in [5, 5.41) is 2.83. The molecule has 1 fully saturated rings. The largest absolute Gasteiger partial charge is 0.407 e. The monoisotopic (exact) mass is 323 g/mol. The summed E-state index contributed by atoms with van der Waals surface area (Å²) < 4.78 is 6.88. The molecule has 2 heteroatoms. The molecule has 3 rings (SSSR count). The predicted octanol–water partition coefficient (Wildman–Crippen LogP) is 4.18. The molecule has 0 heterocycles. The first-order chi connectivity index (χ1) is 11.0. The Morgan fingerprint density at radius 1 is 0.913 bits per heavy atom. The highest BCUT2D eigenvalue weighted by atomic mass is 28.4. The number of hydrogen-bond donors (Lipinski definition) is 0. The van der Waals surface area contributed by atoms with Crippen LogP contribution in [-0.4, -0.2) is 14.9 Å². The van der Waals surface area contributed by atoms with Crippen molar-refractivity contribution >= 4 is 18.7 Å². The van der Waals surface area contributed by atoms with Crippen molar-refractivity contribution in [2.24, 2.45) is 5.92 Å². The van der Waals surface area contributed by atoms with Crippen molar-refractivity contribution in [3.05, 3.63) is 67.1 Å². The van der Waals surface area contributed by atoms with Gasteiger partial charge in [0.15, 0.2) is 0 Å². The van der Waals surface area contributed by atoms with Gasteiger partial charge in [0.05, 0.1) is 0 Å². The molecule has 0 N–H and O–H groups in total. The van der Waals surface area contributed by atoms with Crippen molar-refractivity contribution in [1.29, 1.82) is 0 Å². The smallest absolute Gasteiger partial charge is 0.261 e. The van der Waals surface area contributed by atoms with Crippen LogP contribution in [0.1, 0.15) is 33.6 Å². The molecule has 0 saturated heterocycles. The normalized spacial score (nSPS) is 16.1. The van der Waals surface area contributed by atoms with E-state index in [0.717, 1.165) is 6.61 Å². The summed E-state index contributed by atoms with van der Waals surface area (Å²) in [5.41, 5.74) is 0. The first kappa shape index (κ1) is 16.5. The molecular weight excluding hydrogens is 296 g/mol. The molecule has 1 nitrogen and oxygen atoms in total. The average molecular weight is 324 g/mol. The van der Waals surface area contributed by atoms with E-state index in [1.165, 1.54) is 23.2 Å². The van der Waals surface area contributed by atoms with Gasteiger partial charge >= 0.3 is 0 Å². The van der Waals surface area contributed by atoms with Crippen LogP contribution in [0.15, 0.2) is 60.7 Å². The molecule has 1 aliphatic rings. The second kappa shape index (κ2) is 6.62. The Balaban J connectivity index is 2.08. The first-order valence-corrected chi connectivity index (χ1v) is 10.5. The molecule has 1 atom stereocenters. The van der Waals surface area contributed by atoms with E-state index < -0.39 is 8.32 Å².